The summed E-state index contributed by atoms with van der Waals surface area (Å²) < 4.78 is 0. The summed E-state index contributed by atoms with van der Waals surface area (Å²) in [5.41, 5.74) is 4.67. The molecule has 1 N–H and O–H groups in total. The summed E-state index contributed by atoms with van der Waals surface area (Å²) in [5, 5.41) is 3.90. The molecule has 1 fully saturated rings. The molecule has 0 heterocycles. The number of hydrogen-bond donors (Lipinski definition) is 1. The van der Waals surface area contributed by atoms with E-state index in [1.807, 2.05) is 0 Å². The van der Waals surface area contributed by atoms with Crippen LogP contribution in [-0.4, -0.2) is 6.04 Å². The number of nitrogens with one attached hydrogen (secondary N) is 1. The molecular weight excluding hydrogens is 242 g/mol. The maximum absolute atomic E-state index is 3.90. The van der Waals surface area contributed by atoms with Gasteiger partial charge >= 0.3 is 0 Å². The third-order valence-electron chi connectivity index (χ3n) is 5.52. The Balaban J connectivity index is 1.65. The molecule has 0 amide bonds. The fourth-order valence-corrected chi connectivity index (χ4v) is 4.19. The van der Waals surface area contributed by atoms with Crippen molar-refractivity contribution in [2.24, 2.45) is 11.8 Å². The largest absolute Gasteiger partial charge is 0.307 e. The second kappa shape index (κ2) is 5.89. The molecule has 2 aliphatic carbocycles. The Labute approximate surface area is 124 Å². The van der Waals surface area contributed by atoms with Gasteiger partial charge < -0.3 is 5.32 Å². The van der Waals surface area contributed by atoms with Crippen molar-refractivity contribution in [3.63, 3.8) is 0 Å². The minimum absolute atomic E-state index is 0.488. The normalized spacial score (nSPS) is 31.1. The molecule has 1 heteroatoms. The molecular formula is C19H29N. The van der Waals surface area contributed by atoms with Crippen LogP contribution >= 0.6 is 0 Å². The smallest absolute Gasteiger partial charge is 0.0294 e. The zero-order valence-electron chi connectivity index (χ0n) is 13.3. The Morgan fingerprint density at radius 3 is 2.70 bits per heavy atom. The van der Waals surface area contributed by atoms with Crippen LogP contribution in [0.15, 0.2) is 18.2 Å². The lowest BCUT2D eigenvalue weighted by atomic mass is 9.79. The van der Waals surface area contributed by atoms with Gasteiger partial charge in [-0.1, -0.05) is 32.0 Å². The van der Waals surface area contributed by atoms with Crippen LogP contribution in [0.3, 0.4) is 0 Å². The molecule has 4 unspecified atom stereocenters. The van der Waals surface area contributed by atoms with Crippen LogP contribution in [0.1, 0.15) is 69.2 Å². The minimum atomic E-state index is 0.488. The molecule has 0 aliphatic heterocycles. The van der Waals surface area contributed by atoms with Crippen LogP contribution in [0.4, 0.5) is 0 Å². The van der Waals surface area contributed by atoms with Gasteiger partial charge in [0.15, 0.2) is 0 Å². The van der Waals surface area contributed by atoms with Crippen molar-refractivity contribution in [2.45, 2.75) is 71.4 Å². The van der Waals surface area contributed by atoms with E-state index < -0.39 is 0 Å². The molecule has 0 aromatic heterocycles. The number of benzene rings is 1. The molecule has 0 spiro atoms. The van der Waals surface area contributed by atoms with Gasteiger partial charge in [-0.25, -0.2) is 0 Å². The first-order valence-corrected chi connectivity index (χ1v) is 8.51. The molecule has 110 valence electrons. The Hall–Kier alpha value is -0.820. The van der Waals surface area contributed by atoms with E-state index >= 15 is 0 Å². The Kier molecular flexibility index (Phi) is 4.16. The van der Waals surface area contributed by atoms with Gasteiger partial charge in [0.1, 0.15) is 0 Å². The lowest BCUT2D eigenvalue weighted by Crippen LogP contribution is -2.40. The molecule has 4 atom stereocenters. The van der Waals surface area contributed by atoms with Gasteiger partial charge in [0.2, 0.25) is 0 Å². The maximum Gasteiger partial charge on any atom is 0.0294 e. The molecule has 1 aromatic rings. The molecule has 2 aliphatic rings. The summed E-state index contributed by atoms with van der Waals surface area (Å²) in [5.74, 6) is 1.73. The first-order chi connectivity index (χ1) is 9.63. The van der Waals surface area contributed by atoms with E-state index in [1.165, 1.54) is 44.1 Å². The highest BCUT2D eigenvalue weighted by molar-refractivity contribution is 5.36. The van der Waals surface area contributed by atoms with Gasteiger partial charge in [0.25, 0.3) is 0 Å². The molecule has 1 aromatic carbocycles. The average Bonchev–Trinajstić information content (AvgIpc) is 2.89. The van der Waals surface area contributed by atoms with Crippen LogP contribution in [0.2, 0.25) is 0 Å². The van der Waals surface area contributed by atoms with Gasteiger partial charge in [-0.3, -0.25) is 0 Å². The highest BCUT2D eigenvalue weighted by atomic mass is 15.0. The average molecular weight is 271 g/mol. The highest BCUT2D eigenvalue weighted by Gasteiger charge is 2.26. The number of fused-ring (bicyclic) bond motifs is 1. The fraction of sp³-hybridized carbons (Fsp3) is 0.684. The van der Waals surface area contributed by atoms with E-state index in [0.29, 0.717) is 12.1 Å². The van der Waals surface area contributed by atoms with E-state index in [0.717, 1.165) is 11.8 Å². The summed E-state index contributed by atoms with van der Waals surface area (Å²) >= 11 is 0. The van der Waals surface area contributed by atoms with E-state index in [4.69, 9.17) is 0 Å². The zero-order valence-corrected chi connectivity index (χ0v) is 13.3. The molecule has 3 rings (SSSR count). The zero-order chi connectivity index (χ0) is 14.1. The van der Waals surface area contributed by atoms with Crippen molar-refractivity contribution in [3.8, 4) is 0 Å². The molecule has 20 heavy (non-hydrogen) atoms. The summed E-state index contributed by atoms with van der Waals surface area (Å²) in [6.45, 7) is 7.15. The van der Waals surface area contributed by atoms with E-state index in [1.54, 1.807) is 11.1 Å². The van der Waals surface area contributed by atoms with Crippen LogP contribution in [0.25, 0.3) is 0 Å². The van der Waals surface area contributed by atoms with Crippen LogP contribution in [0, 0.1) is 11.8 Å². The van der Waals surface area contributed by atoms with Gasteiger partial charge in [-0.2, -0.15) is 0 Å². The predicted molar refractivity (Wildman–Crippen MR) is 86.0 cm³/mol. The Morgan fingerprint density at radius 2 is 1.90 bits per heavy atom. The van der Waals surface area contributed by atoms with Crippen molar-refractivity contribution in [3.05, 3.63) is 34.9 Å². The number of aryl methyl sites for hydroxylation is 2. The predicted octanol–water partition coefficient (Wildman–Crippen LogP) is 4.65. The summed E-state index contributed by atoms with van der Waals surface area (Å²) in [6, 6.07) is 8.35. The number of rotatable bonds is 3. The van der Waals surface area contributed by atoms with Crippen molar-refractivity contribution in [1.82, 2.24) is 5.32 Å². The van der Waals surface area contributed by atoms with E-state index in [2.05, 4.69) is 44.3 Å². The SMILES string of the molecule is CC1CCC(NC(C)c2ccc3c(c2)CCC3)C(C)C1. The molecule has 0 radical (unpaired) electrons. The van der Waals surface area contributed by atoms with Gasteiger partial charge in [-0.05, 0) is 74.0 Å². The van der Waals surface area contributed by atoms with Gasteiger partial charge in [0.05, 0.1) is 0 Å². The molecule has 0 saturated heterocycles. The highest BCUT2D eigenvalue weighted by Crippen LogP contribution is 2.31. The second-order valence-corrected chi connectivity index (χ2v) is 7.27. The lowest BCUT2D eigenvalue weighted by Gasteiger charge is -2.35. The summed E-state index contributed by atoms with van der Waals surface area (Å²) in [4.78, 5) is 0. The topological polar surface area (TPSA) is 12.0 Å². The standard InChI is InChI=1S/C19H29N/c1-13-7-10-19(14(2)11-13)20-15(3)17-9-8-16-5-4-6-18(16)12-17/h8-9,12-15,19-20H,4-7,10-11H2,1-3H3. The van der Waals surface area contributed by atoms with Crippen molar-refractivity contribution < 1.29 is 0 Å². The Morgan fingerprint density at radius 1 is 1.10 bits per heavy atom. The van der Waals surface area contributed by atoms with Crippen LogP contribution in [0.5, 0.6) is 0 Å². The minimum Gasteiger partial charge on any atom is -0.307 e. The molecule has 0 bridgehead atoms. The summed E-state index contributed by atoms with van der Waals surface area (Å²) in [6.07, 6.45) is 8.03. The van der Waals surface area contributed by atoms with Crippen molar-refractivity contribution in [2.75, 3.05) is 0 Å². The first kappa shape index (κ1) is 14.1. The van der Waals surface area contributed by atoms with Gasteiger partial charge in [-0.15, -0.1) is 0 Å². The molecule has 1 saturated carbocycles. The lowest BCUT2D eigenvalue weighted by molar-refractivity contribution is 0.216. The first-order valence-electron chi connectivity index (χ1n) is 8.51. The Bertz CT molecular complexity index is 465. The third-order valence-corrected chi connectivity index (χ3v) is 5.52. The van der Waals surface area contributed by atoms with Crippen molar-refractivity contribution in [1.29, 1.82) is 0 Å². The third kappa shape index (κ3) is 2.93. The van der Waals surface area contributed by atoms with Crippen LogP contribution in [-0.2, 0) is 12.8 Å². The van der Waals surface area contributed by atoms with Crippen LogP contribution < -0.4 is 5.32 Å². The second-order valence-electron chi connectivity index (χ2n) is 7.27. The van der Waals surface area contributed by atoms with Gasteiger partial charge in [0, 0.05) is 12.1 Å². The quantitative estimate of drug-likeness (QED) is 0.843. The van der Waals surface area contributed by atoms with E-state index in [-0.39, 0.29) is 0 Å². The monoisotopic (exact) mass is 271 g/mol. The van der Waals surface area contributed by atoms with E-state index in [9.17, 15) is 0 Å². The maximum atomic E-state index is 3.90. The number of hydrogen-bond acceptors (Lipinski definition) is 1. The summed E-state index contributed by atoms with van der Waals surface area (Å²) in [7, 11) is 0. The van der Waals surface area contributed by atoms with Crippen molar-refractivity contribution >= 4 is 0 Å². The fourth-order valence-electron chi connectivity index (χ4n) is 4.19. The molecule has 1 nitrogen and oxygen atoms in total.